The first-order valence-corrected chi connectivity index (χ1v) is 10.5. The van der Waals surface area contributed by atoms with Crippen molar-refractivity contribution in [1.29, 1.82) is 0 Å². The van der Waals surface area contributed by atoms with Gasteiger partial charge < -0.3 is 4.90 Å². The largest absolute Gasteiger partial charge is 0.305 e. The lowest BCUT2D eigenvalue weighted by molar-refractivity contribution is 0.402. The van der Waals surface area contributed by atoms with Crippen molar-refractivity contribution in [2.75, 3.05) is 14.1 Å². The summed E-state index contributed by atoms with van der Waals surface area (Å²) in [4.78, 5) is 2.25. The zero-order chi connectivity index (χ0) is 20.5. The van der Waals surface area contributed by atoms with Gasteiger partial charge in [-0.05, 0) is 103 Å². The van der Waals surface area contributed by atoms with Gasteiger partial charge in [-0.2, -0.15) is 0 Å². The monoisotopic (exact) mass is 381 g/mol. The van der Waals surface area contributed by atoms with Crippen LogP contribution in [0.25, 0.3) is 11.6 Å². The third kappa shape index (κ3) is 3.93. The molecule has 0 heterocycles. The molecule has 0 bridgehead atoms. The molecule has 0 aromatic heterocycles. The maximum absolute atomic E-state index is 4.46. The fourth-order valence-electron chi connectivity index (χ4n) is 4.84. The second-order valence-electron chi connectivity index (χ2n) is 8.70. The van der Waals surface area contributed by atoms with Gasteiger partial charge in [0.1, 0.15) is 0 Å². The number of benzene rings is 2. The van der Waals surface area contributed by atoms with Gasteiger partial charge in [0.05, 0.1) is 0 Å². The van der Waals surface area contributed by atoms with Crippen molar-refractivity contribution in [3.8, 4) is 0 Å². The highest BCUT2D eigenvalue weighted by molar-refractivity contribution is 5.77. The Morgan fingerprint density at radius 2 is 1.72 bits per heavy atom. The fraction of sp³-hybridized carbons (Fsp3) is 0.286. The summed E-state index contributed by atoms with van der Waals surface area (Å²) in [5, 5.41) is 0. The lowest BCUT2D eigenvalue weighted by Crippen LogP contribution is -2.11. The molecule has 2 aromatic carbocycles. The van der Waals surface area contributed by atoms with Crippen molar-refractivity contribution in [2.24, 2.45) is 0 Å². The number of rotatable bonds is 6. The Kier molecular flexibility index (Phi) is 5.43. The molecule has 0 fully saturated rings. The molecule has 2 aliphatic carbocycles. The maximum Gasteiger partial charge on any atom is 0.0233 e. The molecule has 2 aliphatic rings. The van der Waals surface area contributed by atoms with E-state index in [4.69, 9.17) is 0 Å². The van der Waals surface area contributed by atoms with Crippen LogP contribution in [0.1, 0.15) is 46.2 Å². The van der Waals surface area contributed by atoms with Crippen LogP contribution in [0.3, 0.4) is 0 Å². The Morgan fingerprint density at radius 3 is 2.45 bits per heavy atom. The highest BCUT2D eigenvalue weighted by atomic mass is 15.0. The van der Waals surface area contributed by atoms with Gasteiger partial charge in [0.2, 0.25) is 0 Å². The summed E-state index contributed by atoms with van der Waals surface area (Å²) in [5.74, 6) is 0. The van der Waals surface area contributed by atoms with E-state index in [0.29, 0.717) is 0 Å². The van der Waals surface area contributed by atoms with Crippen LogP contribution in [-0.2, 0) is 13.0 Å². The van der Waals surface area contributed by atoms with Crippen LogP contribution < -0.4 is 0 Å². The molecule has 2 aromatic rings. The minimum absolute atomic E-state index is 0.926. The van der Waals surface area contributed by atoms with Crippen molar-refractivity contribution < 1.29 is 0 Å². The van der Waals surface area contributed by atoms with E-state index >= 15 is 0 Å². The van der Waals surface area contributed by atoms with Gasteiger partial charge in [-0.25, -0.2) is 0 Å². The molecule has 148 valence electrons. The summed E-state index contributed by atoms with van der Waals surface area (Å²) in [6.07, 6.45) is 10.2. The third-order valence-corrected chi connectivity index (χ3v) is 6.09. The van der Waals surface area contributed by atoms with E-state index < -0.39 is 0 Å². The van der Waals surface area contributed by atoms with Gasteiger partial charge in [-0.15, -0.1) is 0 Å². The van der Waals surface area contributed by atoms with E-state index in [2.05, 4.69) is 94.0 Å². The molecule has 0 aliphatic heterocycles. The van der Waals surface area contributed by atoms with Gasteiger partial charge in [0.25, 0.3) is 0 Å². The molecule has 0 atom stereocenters. The lowest BCUT2D eigenvalue weighted by atomic mass is 9.89. The molecule has 0 amide bonds. The van der Waals surface area contributed by atoms with E-state index in [1.165, 1.54) is 55.7 Å². The topological polar surface area (TPSA) is 3.24 Å². The van der Waals surface area contributed by atoms with E-state index in [1.54, 1.807) is 0 Å². The van der Waals surface area contributed by atoms with E-state index in [-0.39, 0.29) is 0 Å². The standard InChI is InChI=1S/C28H31N/c1-19-9-6-10-20(2)28(19)21(3)15-22-12-8-14-26(22)25-16-23-11-7-13-24(18-29(4)5)27(23)17-25/h6-7,9-14,17H,3,8,15-16,18H2,1-2,4-5H3. The Hall–Kier alpha value is -2.64. The van der Waals surface area contributed by atoms with Crippen molar-refractivity contribution >= 4 is 11.6 Å². The zero-order valence-electron chi connectivity index (χ0n) is 18.2. The number of allylic oxidation sites excluding steroid dienone is 6. The Labute approximate surface area is 175 Å². The fourth-order valence-corrected chi connectivity index (χ4v) is 4.84. The first-order chi connectivity index (χ1) is 13.9. The highest BCUT2D eigenvalue weighted by Gasteiger charge is 2.22. The van der Waals surface area contributed by atoms with Crippen molar-refractivity contribution in [3.05, 3.63) is 105 Å². The van der Waals surface area contributed by atoms with Crippen LogP contribution in [-0.4, -0.2) is 19.0 Å². The Bertz CT molecular complexity index is 1040. The average molecular weight is 382 g/mol. The smallest absolute Gasteiger partial charge is 0.0233 e. The van der Waals surface area contributed by atoms with Crippen LogP contribution in [0.2, 0.25) is 0 Å². The van der Waals surface area contributed by atoms with Gasteiger partial charge in [-0.3, -0.25) is 0 Å². The minimum atomic E-state index is 0.926. The summed E-state index contributed by atoms with van der Waals surface area (Å²) < 4.78 is 0. The molecule has 29 heavy (non-hydrogen) atoms. The molecule has 0 saturated heterocycles. The normalized spacial score (nSPS) is 15.3. The Morgan fingerprint density at radius 1 is 1.00 bits per heavy atom. The van der Waals surface area contributed by atoms with E-state index in [0.717, 1.165) is 25.8 Å². The molecule has 0 saturated carbocycles. The molecule has 0 unspecified atom stereocenters. The van der Waals surface area contributed by atoms with E-state index in [9.17, 15) is 0 Å². The van der Waals surface area contributed by atoms with Crippen LogP contribution in [0.4, 0.5) is 0 Å². The molecular weight excluding hydrogens is 350 g/mol. The molecule has 0 N–H and O–H groups in total. The first kappa shape index (κ1) is 19.7. The van der Waals surface area contributed by atoms with Crippen LogP contribution in [0.15, 0.2) is 71.8 Å². The number of aryl methyl sites for hydroxylation is 2. The number of fused-ring (bicyclic) bond motifs is 1. The quantitative estimate of drug-likeness (QED) is 0.540. The second kappa shape index (κ2) is 8.00. The van der Waals surface area contributed by atoms with Gasteiger partial charge in [0.15, 0.2) is 0 Å². The maximum atomic E-state index is 4.46. The van der Waals surface area contributed by atoms with Gasteiger partial charge >= 0.3 is 0 Å². The van der Waals surface area contributed by atoms with Crippen molar-refractivity contribution in [1.82, 2.24) is 4.90 Å². The SMILES string of the molecule is C=C(CC1=CCC=C1C1=Cc2c(cccc2CN(C)C)C1)c1c(C)cccc1C. The Balaban J connectivity index is 1.57. The molecule has 4 rings (SSSR count). The highest BCUT2D eigenvalue weighted by Crippen LogP contribution is 2.40. The number of nitrogens with zero attached hydrogens (tertiary/aromatic N) is 1. The summed E-state index contributed by atoms with van der Waals surface area (Å²) >= 11 is 0. The molecular formula is C28H31N. The van der Waals surface area contributed by atoms with E-state index in [1.807, 2.05) is 0 Å². The number of hydrogen-bond donors (Lipinski definition) is 0. The predicted octanol–water partition coefficient (Wildman–Crippen LogP) is 6.66. The summed E-state index contributed by atoms with van der Waals surface area (Å²) in [5.41, 5.74) is 13.8. The van der Waals surface area contributed by atoms with Crippen LogP contribution in [0, 0.1) is 13.8 Å². The zero-order valence-corrected chi connectivity index (χ0v) is 18.2. The van der Waals surface area contributed by atoms with Gasteiger partial charge in [-0.1, -0.05) is 61.2 Å². The summed E-state index contributed by atoms with van der Waals surface area (Å²) in [6.45, 7) is 9.83. The molecule has 1 heteroatoms. The molecule has 1 nitrogen and oxygen atoms in total. The second-order valence-corrected chi connectivity index (χ2v) is 8.70. The van der Waals surface area contributed by atoms with Crippen LogP contribution in [0.5, 0.6) is 0 Å². The van der Waals surface area contributed by atoms with Crippen LogP contribution >= 0.6 is 0 Å². The predicted molar refractivity (Wildman–Crippen MR) is 126 cm³/mol. The average Bonchev–Trinajstić information content (AvgIpc) is 3.28. The van der Waals surface area contributed by atoms with Gasteiger partial charge in [0, 0.05) is 6.54 Å². The van der Waals surface area contributed by atoms with Crippen molar-refractivity contribution in [2.45, 2.75) is 39.7 Å². The first-order valence-electron chi connectivity index (χ1n) is 10.5. The molecule has 0 radical (unpaired) electrons. The third-order valence-electron chi connectivity index (χ3n) is 6.09. The summed E-state index contributed by atoms with van der Waals surface area (Å²) in [6, 6.07) is 13.3. The molecule has 0 spiro atoms. The van der Waals surface area contributed by atoms with Crippen molar-refractivity contribution in [3.63, 3.8) is 0 Å². The number of hydrogen-bond acceptors (Lipinski definition) is 1. The summed E-state index contributed by atoms with van der Waals surface area (Å²) in [7, 11) is 4.27. The lowest BCUT2D eigenvalue weighted by Gasteiger charge is -2.16. The minimum Gasteiger partial charge on any atom is -0.305 e.